The quantitative estimate of drug-likeness (QED) is 0.127. The molecule has 0 aliphatic carbocycles. The summed E-state index contributed by atoms with van der Waals surface area (Å²) in [6, 6.07) is 0. The SMILES string of the molecule is C=CCOC(=O)C(OCCC(F)(F)S(=O)(=O)O)(OC(=O)C(=C)C(F)(F)F)C(F)(F)F. The largest absolute Gasteiger partial charge is 0.468 e. The lowest BCUT2D eigenvalue weighted by Gasteiger charge is -2.32. The van der Waals surface area contributed by atoms with Gasteiger partial charge in [-0.1, -0.05) is 19.2 Å². The van der Waals surface area contributed by atoms with E-state index in [1.807, 2.05) is 0 Å². The second kappa shape index (κ2) is 9.25. The van der Waals surface area contributed by atoms with Crippen LogP contribution in [0.3, 0.4) is 0 Å². The minimum absolute atomic E-state index is 0.683. The van der Waals surface area contributed by atoms with Gasteiger partial charge in [-0.05, 0) is 0 Å². The Morgan fingerprint density at radius 1 is 1.03 bits per heavy atom. The Morgan fingerprint density at radius 3 is 1.90 bits per heavy atom. The molecule has 30 heavy (non-hydrogen) atoms. The molecule has 1 atom stereocenters. The Labute approximate surface area is 162 Å². The highest BCUT2D eigenvalue weighted by molar-refractivity contribution is 7.86. The van der Waals surface area contributed by atoms with E-state index in [4.69, 9.17) is 4.55 Å². The first-order chi connectivity index (χ1) is 13.2. The second-order valence-corrected chi connectivity index (χ2v) is 6.63. The molecule has 0 spiro atoms. The molecule has 0 aromatic carbocycles. The molecular formula is C13H12F8O8S. The number of halogens is 8. The van der Waals surface area contributed by atoms with Crippen molar-refractivity contribution in [1.29, 1.82) is 0 Å². The van der Waals surface area contributed by atoms with Crippen LogP contribution in [0.5, 0.6) is 0 Å². The zero-order chi connectivity index (χ0) is 24.2. The molecule has 8 nitrogen and oxygen atoms in total. The smallest absolute Gasteiger partial charge is 0.456 e. The van der Waals surface area contributed by atoms with Gasteiger partial charge in [-0.2, -0.15) is 43.5 Å². The van der Waals surface area contributed by atoms with Gasteiger partial charge < -0.3 is 14.2 Å². The number of esters is 2. The summed E-state index contributed by atoms with van der Waals surface area (Å²) in [6.45, 7) is 2.02. The van der Waals surface area contributed by atoms with Crippen LogP contribution >= 0.6 is 0 Å². The molecule has 0 aliphatic rings. The van der Waals surface area contributed by atoms with Gasteiger partial charge in [0.05, 0.1) is 13.0 Å². The Hall–Kier alpha value is -2.27. The van der Waals surface area contributed by atoms with E-state index in [0.29, 0.717) is 6.08 Å². The van der Waals surface area contributed by atoms with Crippen LogP contribution < -0.4 is 0 Å². The van der Waals surface area contributed by atoms with Crippen LogP contribution in [0.25, 0.3) is 0 Å². The summed E-state index contributed by atoms with van der Waals surface area (Å²) < 4.78 is 144. The lowest BCUT2D eigenvalue weighted by molar-refractivity contribution is -0.356. The molecule has 1 unspecified atom stereocenters. The van der Waals surface area contributed by atoms with Gasteiger partial charge in [-0.3, -0.25) is 4.55 Å². The van der Waals surface area contributed by atoms with Crippen LogP contribution in [-0.2, 0) is 33.9 Å². The minimum atomic E-state index is -6.21. The fourth-order valence-electron chi connectivity index (χ4n) is 1.37. The van der Waals surface area contributed by atoms with Crippen LogP contribution in [0.2, 0.25) is 0 Å². The molecule has 0 aliphatic heterocycles. The molecule has 0 aromatic rings. The van der Waals surface area contributed by atoms with Crippen LogP contribution in [0, 0.1) is 0 Å². The molecular weight excluding hydrogens is 468 g/mol. The summed E-state index contributed by atoms with van der Waals surface area (Å²) in [6.07, 6.45) is -13.4. The summed E-state index contributed by atoms with van der Waals surface area (Å²) >= 11 is 0. The summed E-state index contributed by atoms with van der Waals surface area (Å²) in [4.78, 5) is 23.2. The second-order valence-electron chi connectivity index (χ2n) is 5.08. The number of ether oxygens (including phenoxy) is 3. The van der Waals surface area contributed by atoms with Crippen LogP contribution in [0.15, 0.2) is 24.8 Å². The summed E-state index contributed by atoms with van der Waals surface area (Å²) in [7, 11) is -6.14. The highest BCUT2D eigenvalue weighted by atomic mass is 32.2. The maximum atomic E-state index is 13.4. The normalized spacial score (nSPS) is 15.1. The van der Waals surface area contributed by atoms with Gasteiger partial charge in [0.2, 0.25) is 0 Å². The molecule has 0 bridgehead atoms. The highest BCUT2D eigenvalue weighted by Gasteiger charge is 2.68. The van der Waals surface area contributed by atoms with E-state index in [0.717, 1.165) is 0 Å². The molecule has 17 heteroatoms. The average molecular weight is 480 g/mol. The third-order valence-corrected chi connectivity index (χ3v) is 3.83. The zero-order valence-electron chi connectivity index (χ0n) is 14.3. The first-order valence-electron chi connectivity index (χ1n) is 7.06. The molecule has 0 fully saturated rings. The van der Waals surface area contributed by atoms with E-state index in [9.17, 15) is 53.1 Å². The van der Waals surface area contributed by atoms with Crippen molar-refractivity contribution in [3.8, 4) is 0 Å². The Kier molecular flexibility index (Phi) is 8.55. The predicted octanol–water partition coefficient (Wildman–Crippen LogP) is 2.52. The van der Waals surface area contributed by atoms with E-state index in [-0.39, 0.29) is 0 Å². The van der Waals surface area contributed by atoms with Gasteiger partial charge in [0.25, 0.3) is 0 Å². The molecule has 0 amide bonds. The number of carbonyl (C=O) groups excluding carboxylic acids is 2. The topological polar surface area (TPSA) is 116 Å². The molecule has 0 saturated heterocycles. The number of hydrogen-bond acceptors (Lipinski definition) is 7. The first kappa shape index (κ1) is 27.7. The third kappa shape index (κ3) is 6.63. The number of carbonyl (C=O) groups is 2. The van der Waals surface area contributed by atoms with Gasteiger partial charge in [-0.15, -0.1) is 0 Å². The molecule has 0 rings (SSSR count). The van der Waals surface area contributed by atoms with Gasteiger partial charge in [0, 0.05) is 0 Å². The lowest BCUT2D eigenvalue weighted by atomic mass is 10.2. The van der Waals surface area contributed by atoms with Crippen molar-refractivity contribution < 1.29 is 71.9 Å². The molecule has 0 heterocycles. The minimum Gasteiger partial charge on any atom is -0.456 e. The van der Waals surface area contributed by atoms with E-state index in [2.05, 4.69) is 27.4 Å². The highest BCUT2D eigenvalue weighted by Crippen LogP contribution is 2.39. The first-order valence-corrected chi connectivity index (χ1v) is 8.50. The predicted molar refractivity (Wildman–Crippen MR) is 78.3 cm³/mol. The molecule has 0 radical (unpaired) electrons. The maximum absolute atomic E-state index is 13.4. The third-order valence-electron chi connectivity index (χ3n) is 2.88. The molecule has 174 valence electrons. The fourth-order valence-corrected chi connectivity index (χ4v) is 1.71. The Bertz CT molecular complexity index is 786. The Balaban J connectivity index is 6.09. The number of rotatable bonds is 10. The lowest BCUT2D eigenvalue weighted by Crippen LogP contribution is -2.59. The summed E-state index contributed by atoms with van der Waals surface area (Å²) in [5.74, 6) is -10.6. The van der Waals surface area contributed by atoms with Crippen molar-refractivity contribution in [1.82, 2.24) is 0 Å². The van der Waals surface area contributed by atoms with Crippen LogP contribution in [0.1, 0.15) is 6.42 Å². The molecule has 0 saturated carbocycles. The van der Waals surface area contributed by atoms with E-state index in [1.54, 1.807) is 0 Å². The van der Waals surface area contributed by atoms with Crippen molar-refractivity contribution in [2.24, 2.45) is 0 Å². The standard InChI is InChI=1S/C13H12F8O8S/c1-3-5-27-9(23)11(13(19,20)21,29-8(22)7(2)12(16,17)18)28-6-4-10(14,15)30(24,25)26/h3H,1-2,4-6H2,(H,24,25,26). The van der Waals surface area contributed by atoms with E-state index < -0.39 is 70.7 Å². The molecule has 1 N–H and O–H groups in total. The maximum Gasteiger partial charge on any atom is 0.468 e. The van der Waals surface area contributed by atoms with Crippen LogP contribution in [-0.4, -0.2) is 61.5 Å². The van der Waals surface area contributed by atoms with Gasteiger partial charge in [-0.25, -0.2) is 9.59 Å². The van der Waals surface area contributed by atoms with E-state index >= 15 is 0 Å². The monoisotopic (exact) mass is 480 g/mol. The van der Waals surface area contributed by atoms with Crippen molar-refractivity contribution in [2.45, 2.75) is 29.8 Å². The van der Waals surface area contributed by atoms with E-state index in [1.165, 1.54) is 0 Å². The number of alkyl halides is 8. The fraction of sp³-hybridized carbons (Fsp3) is 0.538. The van der Waals surface area contributed by atoms with Crippen LogP contribution in [0.4, 0.5) is 35.1 Å². The average Bonchev–Trinajstić information content (AvgIpc) is 2.54. The van der Waals surface area contributed by atoms with Crippen molar-refractivity contribution in [2.75, 3.05) is 13.2 Å². The van der Waals surface area contributed by atoms with Gasteiger partial charge in [0.1, 0.15) is 12.2 Å². The zero-order valence-corrected chi connectivity index (χ0v) is 15.2. The summed E-state index contributed by atoms with van der Waals surface area (Å²) in [5, 5.41) is -5.09. The number of hydrogen-bond donors (Lipinski definition) is 1. The van der Waals surface area contributed by atoms with Crippen molar-refractivity contribution in [3.05, 3.63) is 24.8 Å². The van der Waals surface area contributed by atoms with Crippen molar-refractivity contribution in [3.63, 3.8) is 0 Å². The van der Waals surface area contributed by atoms with Crippen molar-refractivity contribution >= 4 is 22.1 Å². The summed E-state index contributed by atoms with van der Waals surface area (Å²) in [5.41, 5.74) is -2.53. The van der Waals surface area contributed by atoms with Gasteiger partial charge in [0.15, 0.2) is 0 Å². The van der Waals surface area contributed by atoms with Gasteiger partial charge >= 0.3 is 45.5 Å². The molecule has 0 aromatic heterocycles. The Morgan fingerprint density at radius 2 is 1.53 bits per heavy atom.